The first-order valence-corrected chi connectivity index (χ1v) is 5.62. The van der Waals surface area contributed by atoms with Gasteiger partial charge in [-0.25, -0.2) is 4.79 Å². The van der Waals surface area contributed by atoms with E-state index in [1.54, 1.807) is 0 Å². The topological polar surface area (TPSA) is 37.3 Å². The van der Waals surface area contributed by atoms with E-state index in [0.717, 1.165) is 16.0 Å². The van der Waals surface area contributed by atoms with Crippen LogP contribution in [0.15, 0.2) is 41.5 Å². The fourth-order valence-corrected chi connectivity index (χ4v) is 2.25. The second-order valence-electron chi connectivity index (χ2n) is 3.85. The van der Waals surface area contributed by atoms with E-state index in [9.17, 15) is 4.79 Å². The second-order valence-corrected chi connectivity index (χ2v) is 4.34. The highest BCUT2D eigenvalue weighted by Crippen LogP contribution is 2.27. The molecule has 2 nitrogen and oxygen atoms in total. The van der Waals surface area contributed by atoms with E-state index >= 15 is 0 Å². The predicted molar refractivity (Wildman–Crippen MR) is 66.6 cm³/mol. The fourth-order valence-electron chi connectivity index (χ4n) is 1.95. The molecule has 0 unspecified atom stereocenters. The number of hydrogen-bond donors (Lipinski definition) is 1. The normalized spacial score (nSPS) is 15.6. The standard InChI is InChI=1S/C13H12O2S/c14-13(15)10-6-7-12(16)11(10)8-9-4-2-1-3-5-9/h1-5H,6-8H2,(H,14,15). The predicted octanol–water partition coefficient (Wildman–Crippen LogP) is 2.77. The molecule has 0 saturated heterocycles. The number of carbonyl (C=O) groups is 1. The highest BCUT2D eigenvalue weighted by Gasteiger charge is 2.24. The average Bonchev–Trinajstić information content (AvgIpc) is 2.62. The fraction of sp³-hybridized carbons (Fsp3) is 0.231. The summed E-state index contributed by atoms with van der Waals surface area (Å²) in [4.78, 5) is 11.8. The van der Waals surface area contributed by atoms with Crippen LogP contribution in [0.1, 0.15) is 18.4 Å². The molecule has 0 amide bonds. The van der Waals surface area contributed by atoms with Gasteiger partial charge in [0, 0.05) is 10.4 Å². The van der Waals surface area contributed by atoms with Gasteiger partial charge in [0.25, 0.3) is 0 Å². The summed E-state index contributed by atoms with van der Waals surface area (Å²) in [5, 5.41) is 9.06. The van der Waals surface area contributed by atoms with Gasteiger partial charge in [0.05, 0.1) is 0 Å². The minimum atomic E-state index is -0.828. The Bertz CT molecular complexity index is 460. The number of aliphatic carboxylic acids is 1. The van der Waals surface area contributed by atoms with Crippen molar-refractivity contribution in [2.45, 2.75) is 19.3 Å². The number of hydrogen-bond acceptors (Lipinski definition) is 2. The summed E-state index contributed by atoms with van der Waals surface area (Å²) in [5.41, 5.74) is 2.45. The molecule has 0 atom stereocenters. The Kier molecular flexibility index (Phi) is 3.15. The van der Waals surface area contributed by atoms with Gasteiger partial charge in [0.2, 0.25) is 0 Å². The van der Waals surface area contributed by atoms with Crippen molar-refractivity contribution >= 4 is 23.1 Å². The second kappa shape index (κ2) is 4.58. The Labute approximate surface area is 99.6 Å². The van der Waals surface area contributed by atoms with Crippen molar-refractivity contribution in [3.8, 4) is 0 Å². The van der Waals surface area contributed by atoms with Crippen LogP contribution in [0.2, 0.25) is 0 Å². The van der Waals surface area contributed by atoms with Crippen LogP contribution in [0.25, 0.3) is 0 Å². The highest BCUT2D eigenvalue weighted by molar-refractivity contribution is 7.80. The summed E-state index contributed by atoms with van der Waals surface area (Å²) >= 11 is 5.21. The maximum atomic E-state index is 11.0. The summed E-state index contributed by atoms with van der Waals surface area (Å²) in [7, 11) is 0. The van der Waals surface area contributed by atoms with E-state index in [2.05, 4.69) is 0 Å². The minimum Gasteiger partial charge on any atom is -0.478 e. The van der Waals surface area contributed by atoms with Gasteiger partial charge in [-0.2, -0.15) is 0 Å². The molecule has 0 saturated carbocycles. The quantitative estimate of drug-likeness (QED) is 0.814. The lowest BCUT2D eigenvalue weighted by atomic mass is 10.0. The molecule has 1 aliphatic rings. The molecule has 2 rings (SSSR count). The molecule has 0 heterocycles. The first kappa shape index (κ1) is 11.0. The number of rotatable bonds is 3. The van der Waals surface area contributed by atoms with E-state index in [1.807, 2.05) is 30.3 Å². The van der Waals surface area contributed by atoms with Crippen molar-refractivity contribution in [2.24, 2.45) is 0 Å². The summed E-state index contributed by atoms with van der Waals surface area (Å²) in [5.74, 6) is -0.828. The molecule has 1 N–H and O–H groups in total. The van der Waals surface area contributed by atoms with Crippen molar-refractivity contribution in [1.29, 1.82) is 0 Å². The van der Waals surface area contributed by atoms with Crippen LogP contribution < -0.4 is 0 Å². The van der Waals surface area contributed by atoms with Crippen molar-refractivity contribution in [3.05, 3.63) is 47.0 Å². The lowest BCUT2D eigenvalue weighted by Gasteiger charge is -2.04. The number of allylic oxidation sites excluding steroid dienone is 1. The summed E-state index contributed by atoms with van der Waals surface area (Å²) in [6.45, 7) is 0. The van der Waals surface area contributed by atoms with Gasteiger partial charge in [-0.05, 0) is 30.4 Å². The average molecular weight is 232 g/mol. The highest BCUT2D eigenvalue weighted by atomic mass is 32.1. The molecule has 0 fully saturated rings. The van der Waals surface area contributed by atoms with E-state index in [0.29, 0.717) is 24.8 Å². The molecule has 3 heteroatoms. The van der Waals surface area contributed by atoms with Crippen LogP contribution in [0.3, 0.4) is 0 Å². The molecule has 0 spiro atoms. The zero-order valence-corrected chi connectivity index (χ0v) is 9.59. The van der Waals surface area contributed by atoms with Gasteiger partial charge < -0.3 is 5.11 Å². The first-order chi connectivity index (χ1) is 7.68. The van der Waals surface area contributed by atoms with Gasteiger partial charge in [-0.3, -0.25) is 0 Å². The Morgan fingerprint density at radius 2 is 1.94 bits per heavy atom. The van der Waals surface area contributed by atoms with Crippen molar-refractivity contribution in [3.63, 3.8) is 0 Å². The van der Waals surface area contributed by atoms with Gasteiger partial charge >= 0.3 is 5.97 Å². The summed E-state index contributed by atoms with van der Waals surface area (Å²) < 4.78 is 0. The maximum Gasteiger partial charge on any atom is 0.331 e. The van der Waals surface area contributed by atoms with E-state index in [1.165, 1.54) is 0 Å². The number of carboxylic acid groups (broad SMARTS) is 1. The van der Waals surface area contributed by atoms with Crippen LogP contribution in [-0.2, 0) is 11.2 Å². The monoisotopic (exact) mass is 232 g/mol. The number of thiocarbonyl (C=S) groups is 1. The summed E-state index contributed by atoms with van der Waals surface area (Å²) in [6, 6.07) is 9.84. The molecule has 1 aliphatic carbocycles. The molecule has 0 radical (unpaired) electrons. The van der Waals surface area contributed by atoms with E-state index in [4.69, 9.17) is 17.3 Å². The van der Waals surface area contributed by atoms with Gasteiger partial charge in [0.1, 0.15) is 0 Å². The Morgan fingerprint density at radius 1 is 1.25 bits per heavy atom. The third-order valence-electron chi connectivity index (χ3n) is 2.78. The lowest BCUT2D eigenvalue weighted by Crippen LogP contribution is -2.04. The summed E-state index contributed by atoms with van der Waals surface area (Å²) in [6.07, 6.45) is 1.93. The third kappa shape index (κ3) is 2.19. The first-order valence-electron chi connectivity index (χ1n) is 5.21. The molecule has 16 heavy (non-hydrogen) atoms. The Hall–Kier alpha value is -1.48. The van der Waals surface area contributed by atoms with Crippen LogP contribution in [0.4, 0.5) is 0 Å². The smallest absolute Gasteiger partial charge is 0.331 e. The largest absolute Gasteiger partial charge is 0.478 e. The number of benzene rings is 1. The molecular weight excluding hydrogens is 220 g/mol. The van der Waals surface area contributed by atoms with Crippen molar-refractivity contribution in [2.75, 3.05) is 0 Å². The molecule has 82 valence electrons. The SMILES string of the molecule is O=C(O)C1=C(Cc2ccccc2)C(=S)CC1. The van der Waals surface area contributed by atoms with E-state index < -0.39 is 5.97 Å². The van der Waals surface area contributed by atoms with Crippen molar-refractivity contribution < 1.29 is 9.90 Å². The van der Waals surface area contributed by atoms with Crippen LogP contribution in [0.5, 0.6) is 0 Å². The lowest BCUT2D eigenvalue weighted by molar-refractivity contribution is -0.132. The number of carboxylic acids is 1. The third-order valence-corrected chi connectivity index (χ3v) is 3.24. The van der Waals surface area contributed by atoms with Crippen LogP contribution in [-0.4, -0.2) is 15.9 Å². The molecule has 1 aromatic carbocycles. The molecule has 0 bridgehead atoms. The van der Waals surface area contributed by atoms with Crippen LogP contribution >= 0.6 is 12.2 Å². The van der Waals surface area contributed by atoms with Crippen LogP contribution in [0, 0.1) is 0 Å². The Morgan fingerprint density at radius 3 is 2.56 bits per heavy atom. The zero-order valence-electron chi connectivity index (χ0n) is 8.77. The maximum absolute atomic E-state index is 11.0. The molecular formula is C13H12O2S. The van der Waals surface area contributed by atoms with E-state index in [-0.39, 0.29) is 0 Å². The molecule has 0 aromatic heterocycles. The Balaban J connectivity index is 2.29. The van der Waals surface area contributed by atoms with Crippen molar-refractivity contribution in [1.82, 2.24) is 0 Å². The van der Waals surface area contributed by atoms with Gasteiger partial charge in [-0.15, -0.1) is 0 Å². The van der Waals surface area contributed by atoms with Gasteiger partial charge in [0.15, 0.2) is 0 Å². The molecule has 0 aliphatic heterocycles. The molecule has 1 aromatic rings. The zero-order chi connectivity index (χ0) is 11.5. The minimum absolute atomic E-state index is 0.494. The van der Waals surface area contributed by atoms with Gasteiger partial charge in [-0.1, -0.05) is 42.5 Å².